The third-order valence-corrected chi connectivity index (χ3v) is 1.97. The Bertz CT molecular complexity index is 259. The number of carboxylic acid groups (broad SMARTS) is 1. The molecule has 0 saturated carbocycles. The second kappa shape index (κ2) is 5.48. The second-order valence-electron chi connectivity index (χ2n) is 3.89. The minimum absolute atomic E-state index is 0.104. The van der Waals surface area contributed by atoms with Gasteiger partial charge in [-0.05, 0) is 12.3 Å². The van der Waals surface area contributed by atoms with Crippen molar-refractivity contribution in [3.05, 3.63) is 0 Å². The zero-order valence-electron chi connectivity index (χ0n) is 9.48. The molecule has 0 radical (unpaired) electrons. The first-order chi connectivity index (χ1) is 6.77. The van der Waals surface area contributed by atoms with Gasteiger partial charge in [0.2, 0.25) is 11.8 Å². The van der Waals surface area contributed by atoms with Crippen molar-refractivity contribution in [3.8, 4) is 0 Å². The molecule has 0 aliphatic rings. The molecule has 0 rings (SSSR count). The fraction of sp³-hybridized carbons (Fsp3) is 0.700. The Labute approximate surface area is 89.1 Å². The van der Waals surface area contributed by atoms with Crippen LogP contribution in [0.4, 0.5) is 0 Å². The number of hydrogen-bond acceptors (Lipinski definition) is 3. The molecule has 1 N–H and O–H groups in total. The van der Waals surface area contributed by atoms with E-state index >= 15 is 0 Å². The lowest BCUT2D eigenvalue weighted by atomic mass is 10.0. The van der Waals surface area contributed by atoms with E-state index in [1.807, 2.05) is 13.8 Å². The largest absolute Gasteiger partial charge is 0.480 e. The molecule has 0 heterocycles. The molecular weight excluding hydrogens is 199 g/mol. The number of imide groups is 1. The Balaban J connectivity index is 4.92. The van der Waals surface area contributed by atoms with Crippen molar-refractivity contribution in [3.63, 3.8) is 0 Å². The van der Waals surface area contributed by atoms with E-state index in [2.05, 4.69) is 0 Å². The monoisotopic (exact) mass is 216 g/mol. The van der Waals surface area contributed by atoms with Gasteiger partial charge in [0.05, 0.1) is 0 Å². The van der Waals surface area contributed by atoms with Crippen molar-refractivity contribution >= 4 is 17.8 Å². The van der Waals surface area contributed by atoms with Gasteiger partial charge >= 0.3 is 5.97 Å². The van der Waals surface area contributed by atoms with E-state index in [4.69, 9.17) is 5.11 Å². The zero-order valence-corrected chi connectivity index (χ0v) is 9.48. The lowest BCUT2D eigenvalue weighted by molar-refractivity contribution is -0.157. The summed E-state index contributed by atoms with van der Waals surface area (Å²) in [5.41, 5.74) is 0. The molecule has 0 aromatic heterocycles. The first kappa shape index (κ1) is 13.6. The number of hydrogen-bond donors (Lipinski definition) is 1. The Hall–Kier alpha value is -1.39. The van der Waals surface area contributed by atoms with Gasteiger partial charge in [0.1, 0.15) is 6.04 Å². The molecule has 5 heteroatoms. The number of carbonyl (C=O) groups is 3. The van der Waals surface area contributed by atoms with Crippen LogP contribution < -0.4 is 0 Å². The van der Waals surface area contributed by atoms with Gasteiger partial charge in [0.25, 0.3) is 0 Å². The fourth-order valence-electron chi connectivity index (χ4n) is 1.42. The van der Waals surface area contributed by atoms with Crippen LogP contribution in [-0.4, -0.2) is 33.8 Å². The van der Waals surface area contributed by atoms with Crippen LogP contribution in [0.25, 0.3) is 0 Å². The predicted octanol–water partition coefficient (Wildman–Crippen LogP) is 0.881. The van der Waals surface area contributed by atoms with Gasteiger partial charge in [-0.3, -0.25) is 14.5 Å². The quantitative estimate of drug-likeness (QED) is 0.708. The molecule has 5 nitrogen and oxygen atoms in total. The Kier molecular flexibility index (Phi) is 4.97. The number of rotatable bonds is 4. The van der Waals surface area contributed by atoms with Crippen LogP contribution in [0.5, 0.6) is 0 Å². The van der Waals surface area contributed by atoms with Crippen molar-refractivity contribution < 1.29 is 19.5 Å². The van der Waals surface area contributed by atoms with Gasteiger partial charge in [-0.1, -0.05) is 13.8 Å². The summed E-state index contributed by atoms with van der Waals surface area (Å²) in [5.74, 6) is -2.10. The Morgan fingerprint density at radius 2 is 1.53 bits per heavy atom. The van der Waals surface area contributed by atoms with E-state index in [0.29, 0.717) is 0 Å². The summed E-state index contributed by atoms with van der Waals surface area (Å²) in [6, 6.07) is -1.06. The van der Waals surface area contributed by atoms with Crippen molar-refractivity contribution in [1.82, 2.24) is 4.90 Å². The van der Waals surface area contributed by atoms with E-state index in [9.17, 15) is 14.4 Å². The topological polar surface area (TPSA) is 74.7 Å². The third-order valence-electron chi connectivity index (χ3n) is 1.97. The van der Waals surface area contributed by atoms with E-state index in [1.54, 1.807) is 0 Å². The SMILES string of the molecule is CC(=O)N([C@@H](CC(C)C)C(=O)O)[13C](C)=O. The van der Waals surface area contributed by atoms with Crippen molar-refractivity contribution in [1.29, 1.82) is 0 Å². The minimum Gasteiger partial charge on any atom is -0.480 e. The highest BCUT2D eigenvalue weighted by Gasteiger charge is 2.31. The summed E-state index contributed by atoms with van der Waals surface area (Å²) in [4.78, 5) is 34.0. The van der Waals surface area contributed by atoms with Crippen LogP contribution in [0.2, 0.25) is 0 Å². The number of nitrogens with zero attached hydrogens (tertiary/aromatic N) is 1. The average Bonchev–Trinajstić information content (AvgIpc) is 2.00. The van der Waals surface area contributed by atoms with Gasteiger partial charge in [-0.15, -0.1) is 0 Å². The van der Waals surface area contributed by atoms with Crippen LogP contribution in [0.1, 0.15) is 34.1 Å². The molecule has 0 unspecified atom stereocenters. The molecule has 2 amide bonds. The molecular formula is C10H17NO4. The first-order valence-corrected chi connectivity index (χ1v) is 4.80. The van der Waals surface area contributed by atoms with Crippen LogP contribution in [0, 0.1) is 5.92 Å². The number of carboxylic acids is 1. The van der Waals surface area contributed by atoms with E-state index in [0.717, 1.165) is 4.90 Å². The van der Waals surface area contributed by atoms with Crippen LogP contribution in [0.15, 0.2) is 0 Å². The number of carbonyl (C=O) groups excluding carboxylic acids is 2. The molecule has 0 aromatic carbocycles. The smallest absolute Gasteiger partial charge is 0.326 e. The normalized spacial score (nSPS) is 12.3. The van der Waals surface area contributed by atoms with Gasteiger partial charge in [-0.25, -0.2) is 4.79 Å². The molecule has 1 atom stereocenters. The molecule has 86 valence electrons. The van der Waals surface area contributed by atoms with Crippen LogP contribution >= 0.6 is 0 Å². The summed E-state index contributed by atoms with van der Waals surface area (Å²) < 4.78 is 0. The average molecular weight is 216 g/mol. The summed E-state index contributed by atoms with van der Waals surface area (Å²) in [5, 5.41) is 8.94. The maximum Gasteiger partial charge on any atom is 0.326 e. The van der Waals surface area contributed by atoms with E-state index in [-0.39, 0.29) is 12.3 Å². The van der Waals surface area contributed by atoms with E-state index in [1.165, 1.54) is 13.8 Å². The van der Waals surface area contributed by atoms with Gasteiger partial charge in [0, 0.05) is 13.8 Å². The van der Waals surface area contributed by atoms with Crippen LogP contribution in [0.3, 0.4) is 0 Å². The summed E-state index contributed by atoms with van der Waals surface area (Å²) in [6.07, 6.45) is 0.272. The molecule has 0 spiro atoms. The molecule has 0 aromatic rings. The molecule has 0 aliphatic heterocycles. The number of amides is 2. The fourth-order valence-corrected chi connectivity index (χ4v) is 1.42. The molecule has 0 bridgehead atoms. The summed E-state index contributed by atoms with van der Waals surface area (Å²) in [7, 11) is 0. The predicted molar refractivity (Wildman–Crippen MR) is 54.1 cm³/mol. The van der Waals surface area contributed by atoms with Crippen LogP contribution in [-0.2, 0) is 14.4 Å². The highest BCUT2D eigenvalue weighted by molar-refractivity contribution is 5.97. The molecule has 0 saturated heterocycles. The highest BCUT2D eigenvalue weighted by atomic mass is 16.4. The zero-order chi connectivity index (χ0) is 12.2. The number of aliphatic carboxylic acids is 1. The van der Waals surface area contributed by atoms with Crippen molar-refractivity contribution in [2.45, 2.75) is 40.2 Å². The van der Waals surface area contributed by atoms with E-state index < -0.39 is 23.8 Å². The third kappa shape index (κ3) is 4.10. The van der Waals surface area contributed by atoms with Crippen molar-refractivity contribution in [2.75, 3.05) is 0 Å². The molecule has 0 aliphatic carbocycles. The standard InChI is InChI=1S/C10H17NO4/c1-6(2)5-9(10(14)15)11(7(3)12)8(4)13/h6,9H,5H2,1-4H3,(H,14,15)/t9-/m0/s1/i7+1. The Morgan fingerprint density at radius 3 is 1.73 bits per heavy atom. The summed E-state index contributed by atoms with van der Waals surface area (Å²) >= 11 is 0. The Morgan fingerprint density at radius 1 is 1.13 bits per heavy atom. The highest BCUT2D eigenvalue weighted by Crippen LogP contribution is 2.12. The molecule has 15 heavy (non-hydrogen) atoms. The van der Waals surface area contributed by atoms with Gasteiger partial charge in [-0.2, -0.15) is 0 Å². The maximum atomic E-state index is 11.2. The lowest BCUT2D eigenvalue weighted by Crippen LogP contribution is -2.47. The lowest BCUT2D eigenvalue weighted by Gasteiger charge is -2.26. The second-order valence-corrected chi connectivity index (χ2v) is 3.89. The summed E-state index contributed by atoms with van der Waals surface area (Å²) in [6.45, 7) is 6.07. The minimum atomic E-state index is -1.14. The first-order valence-electron chi connectivity index (χ1n) is 4.80. The maximum absolute atomic E-state index is 11.2. The molecule has 0 fully saturated rings. The van der Waals surface area contributed by atoms with Crippen molar-refractivity contribution in [2.24, 2.45) is 5.92 Å². The van der Waals surface area contributed by atoms with Gasteiger partial charge in [0.15, 0.2) is 0 Å². The van der Waals surface area contributed by atoms with Gasteiger partial charge < -0.3 is 5.11 Å².